The van der Waals surface area contributed by atoms with Crippen LogP contribution in [0.5, 0.6) is 0 Å². The molecule has 1 N–H and O–H groups in total. The molecule has 0 spiro atoms. The van der Waals surface area contributed by atoms with Crippen LogP contribution in [-0.4, -0.2) is 10.9 Å². The van der Waals surface area contributed by atoms with Crippen molar-refractivity contribution in [2.75, 3.05) is 5.32 Å². The fourth-order valence-electron chi connectivity index (χ4n) is 2.78. The number of hydrogen-bond donors (Lipinski definition) is 1. The van der Waals surface area contributed by atoms with Gasteiger partial charge in [0.1, 0.15) is 0 Å². The fraction of sp³-hybridized carbons (Fsp3) is 0.143. The number of carbonyl (C=O) groups excluding carboxylic acids is 1. The van der Waals surface area contributed by atoms with E-state index in [1.807, 2.05) is 31.2 Å². The van der Waals surface area contributed by atoms with Gasteiger partial charge in [-0.2, -0.15) is 26.3 Å². The Balaban J connectivity index is 1.88. The molecule has 3 rings (SSSR count). The molecular formula is C21H14F6N2O. The molecule has 30 heavy (non-hydrogen) atoms. The average molecular weight is 424 g/mol. The maximum absolute atomic E-state index is 12.9. The molecule has 1 amide bonds. The van der Waals surface area contributed by atoms with E-state index < -0.39 is 35.1 Å². The summed E-state index contributed by atoms with van der Waals surface area (Å²) in [5, 5.41) is 2.07. The topological polar surface area (TPSA) is 42.0 Å². The highest BCUT2D eigenvalue weighted by atomic mass is 19.4. The molecule has 0 bridgehead atoms. The Kier molecular flexibility index (Phi) is 5.56. The van der Waals surface area contributed by atoms with Crippen LogP contribution < -0.4 is 5.32 Å². The van der Waals surface area contributed by atoms with Crippen molar-refractivity contribution in [2.45, 2.75) is 19.3 Å². The van der Waals surface area contributed by atoms with E-state index in [1.54, 1.807) is 6.07 Å². The predicted molar refractivity (Wildman–Crippen MR) is 98.8 cm³/mol. The smallest absolute Gasteiger partial charge is 0.322 e. The van der Waals surface area contributed by atoms with Gasteiger partial charge in [-0.15, -0.1) is 0 Å². The maximum atomic E-state index is 12.9. The molecule has 0 aliphatic heterocycles. The van der Waals surface area contributed by atoms with Gasteiger partial charge in [-0.1, -0.05) is 24.3 Å². The zero-order chi connectivity index (χ0) is 22.1. The highest BCUT2D eigenvalue weighted by molar-refractivity contribution is 6.04. The molecule has 0 aliphatic rings. The van der Waals surface area contributed by atoms with Gasteiger partial charge in [-0.3, -0.25) is 9.78 Å². The molecule has 0 atom stereocenters. The third kappa shape index (κ3) is 4.79. The van der Waals surface area contributed by atoms with Crippen molar-refractivity contribution in [1.82, 2.24) is 4.98 Å². The number of alkyl halides is 6. The highest BCUT2D eigenvalue weighted by Crippen LogP contribution is 2.37. The quantitative estimate of drug-likeness (QED) is 0.498. The van der Waals surface area contributed by atoms with Gasteiger partial charge in [-0.05, 0) is 42.8 Å². The SMILES string of the molecule is Cc1ccccc1-c1ccc(C(=O)Nc2cc(C(F)(F)F)cc(C(F)(F)F)c2)cn1. The Morgan fingerprint density at radius 2 is 1.47 bits per heavy atom. The number of hydrogen-bond acceptors (Lipinski definition) is 2. The first-order valence-electron chi connectivity index (χ1n) is 8.58. The van der Waals surface area contributed by atoms with E-state index in [0.29, 0.717) is 17.8 Å². The van der Waals surface area contributed by atoms with Crippen molar-refractivity contribution in [3.8, 4) is 11.3 Å². The van der Waals surface area contributed by atoms with Gasteiger partial charge < -0.3 is 5.32 Å². The lowest BCUT2D eigenvalue weighted by Crippen LogP contribution is -2.16. The van der Waals surface area contributed by atoms with E-state index in [9.17, 15) is 31.1 Å². The third-order valence-corrected chi connectivity index (χ3v) is 4.29. The van der Waals surface area contributed by atoms with E-state index in [1.165, 1.54) is 12.3 Å². The second-order valence-corrected chi connectivity index (χ2v) is 6.50. The number of carbonyl (C=O) groups is 1. The highest BCUT2D eigenvalue weighted by Gasteiger charge is 2.37. The van der Waals surface area contributed by atoms with Crippen molar-refractivity contribution in [2.24, 2.45) is 0 Å². The lowest BCUT2D eigenvalue weighted by Gasteiger charge is -2.15. The Bertz CT molecular complexity index is 1040. The number of amides is 1. The summed E-state index contributed by atoms with van der Waals surface area (Å²) >= 11 is 0. The summed E-state index contributed by atoms with van der Waals surface area (Å²) in [5.74, 6) is -0.883. The van der Waals surface area contributed by atoms with Crippen molar-refractivity contribution >= 4 is 11.6 Å². The number of nitrogens with zero attached hydrogens (tertiary/aromatic N) is 1. The molecule has 0 unspecified atom stereocenters. The van der Waals surface area contributed by atoms with E-state index >= 15 is 0 Å². The van der Waals surface area contributed by atoms with Crippen molar-refractivity contribution in [3.05, 3.63) is 83.0 Å². The Hall–Kier alpha value is -3.36. The molecule has 156 valence electrons. The first kappa shape index (κ1) is 21.4. The number of benzene rings is 2. The molecule has 0 saturated heterocycles. The van der Waals surface area contributed by atoms with Crippen LogP contribution in [0.25, 0.3) is 11.3 Å². The summed E-state index contributed by atoms with van der Waals surface area (Å²) in [7, 11) is 0. The van der Waals surface area contributed by atoms with Gasteiger partial charge >= 0.3 is 12.4 Å². The standard InChI is InChI=1S/C21H14F6N2O/c1-12-4-2-3-5-17(12)18-7-6-13(11-28-18)19(30)29-16-9-14(20(22,23)24)8-15(10-16)21(25,26)27/h2-11H,1H3,(H,29,30). The van der Waals surface area contributed by atoms with Crippen LogP contribution in [0.3, 0.4) is 0 Å². The summed E-state index contributed by atoms with van der Waals surface area (Å²) in [5.41, 5.74) is -1.31. The number of pyridine rings is 1. The van der Waals surface area contributed by atoms with Crippen molar-refractivity contribution in [3.63, 3.8) is 0 Å². The number of aryl methyl sites for hydroxylation is 1. The zero-order valence-corrected chi connectivity index (χ0v) is 15.4. The van der Waals surface area contributed by atoms with Crippen LogP contribution in [0.15, 0.2) is 60.8 Å². The average Bonchev–Trinajstić information content (AvgIpc) is 2.67. The van der Waals surface area contributed by atoms with Crippen molar-refractivity contribution < 1.29 is 31.1 Å². The molecule has 3 nitrogen and oxygen atoms in total. The number of nitrogens with one attached hydrogen (secondary N) is 1. The van der Waals surface area contributed by atoms with Crippen LogP contribution in [0, 0.1) is 6.92 Å². The molecule has 0 radical (unpaired) electrons. The first-order valence-corrected chi connectivity index (χ1v) is 8.58. The molecule has 0 saturated carbocycles. The zero-order valence-electron chi connectivity index (χ0n) is 15.4. The lowest BCUT2D eigenvalue weighted by molar-refractivity contribution is -0.143. The molecule has 0 fully saturated rings. The molecule has 0 aliphatic carbocycles. The monoisotopic (exact) mass is 424 g/mol. The van der Waals surface area contributed by atoms with Gasteiger partial charge in [0.25, 0.3) is 5.91 Å². The van der Waals surface area contributed by atoms with Gasteiger partial charge in [0, 0.05) is 17.4 Å². The molecule has 1 heterocycles. The number of rotatable bonds is 3. The summed E-state index contributed by atoms with van der Waals surface area (Å²) in [4.78, 5) is 16.5. The van der Waals surface area contributed by atoms with E-state index in [2.05, 4.69) is 10.3 Å². The molecule has 3 aromatic rings. The van der Waals surface area contributed by atoms with E-state index in [4.69, 9.17) is 0 Å². The third-order valence-electron chi connectivity index (χ3n) is 4.29. The molecule has 9 heteroatoms. The minimum absolute atomic E-state index is 0.00575. The van der Waals surface area contributed by atoms with Gasteiger partial charge in [0.15, 0.2) is 0 Å². The van der Waals surface area contributed by atoms with E-state index in [-0.39, 0.29) is 11.6 Å². The maximum Gasteiger partial charge on any atom is 0.416 e. The van der Waals surface area contributed by atoms with Crippen LogP contribution in [-0.2, 0) is 12.4 Å². The van der Waals surface area contributed by atoms with Crippen LogP contribution in [0.4, 0.5) is 32.0 Å². The largest absolute Gasteiger partial charge is 0.416 e. The fourth-order valence-corrected chi connectivity index (χ4v) is 2.78. The Morgan fingerprint density at radius 1 is 0.867 bits per heavy atom. The number of aromatic nitrogens is 1. The summed E-state index contributed by atoms with van der Waals surface area (Å²) < 4.78 is 77.7. The van der Waals surface area contributed by atoms with Crippen LogP contribution in [0.2, 0.25) is 0 Å². The molecular weight excluding hydrogens is 410 g/mol. The van der Waals surface area contributed by atoms with Crippen LogP contribution >= 0.6 is 0 Å². The van der Waals surface area contributed by atoms with E-state index in [0.717, 1.165) is 11.1 Å². The molecule has 1 aromatic heterocycles. The summed E-state index contributed by atoms with van der Waals surface area (Å²) in [6.45, 7) is 1.88. The van der Waals surface area contributed by atoms with Gasteiger partial charge in [0.2, 0.25) is 0 Å². The predicted octanol–water partition coefficient (Wildman–Crippen LogP) is 6.35. The molecule has 2 aromatic carbocycles. The number of anilines is 1. The van der Waals surface area contributed by atoms with Gasteiger partial charge in [0.05, 0.1) is 22.4 Å². The Labute approximate surface area is 167 Å². The lowest BCUT2D eigenvalue weighted by atomic mass is 10.0. The van der Waals surface area contributed by atoms with Crippen LogP contribution in [0.1, 0.15) is 27.0 Å². The Morgan fingerprint density at radius 3 is 1.97 bits per heavy atom. The second kappa shape index (κ2) is 7.81. The summed E-state index contributed by atoms with van der Waals surface area (Å²) in [6, 6.07) is 11.2. The van der Waals surface area contributed by atoms with Gasteiger partial charge in [-0.25, -0.2) is 0 Å². The normalized spacial score (nSPS) is 12.0. The summed E-state index contributed by atoms with van der Waals surface area (Å²) in [6.07, 6.45) is -8.80. The first-order chi connectivity index (χ1) is 13.9. The minimum atomic E-state index is -5.00. The van der Waals surface area contributed by atoms with Crippen molar-refractivity contribution in [1.29, 1.82) is 0 Å². The number of halogens is 6. The minimum Gasteiger partial charge on any atom is -0.322 e. The second-order valence-electron chi connectivity index (χ2n) is 6.50.